The minimum absolute atomic E-state index is 0.740. The summed E-state index contributed by atoms with van der Waals surface area (Å²) in [4.78, 5) is 4.28. The molecule has 0 unspecified atom stereocenters. The van der Waals surface area contributed by atoms with Gasteiger partial charge in [0.15, 0.2) is 5.11 Å². The smallest absolute Gasteiger partial charge is 0.182 e. The van der Waals surface area contributed by atoms with Crippen molar-refractivity contribution in [3.8, 4) is 0 Å². The number of hydrogen-bond donors (Lipinski definition) is 0. The van der Waals surface area contributed by atoms with E-state index in [-0.39, 0.29) is 0 Å². The molecule has 1 fully saturated rings. The van der Waals surface area contributed by atoms with E-state index in [4.69, 9.17) is 23.8 Å². The molecule has 1 heterocycles. The van der Waals surface area contributed by atoms with Crippen molar-refractivity contribution in [1.82, 2.24) is 0 Å². The van der Waals surface area contributed by atoms with Gasteiger partial charge in [-0.3, -0.25) is 0 Å². The zero-order chi connectivity index (χ0) is 13.9. The van der Waals surface area contributed by atoms with Crippen molar-refractivity contribution < 1.29 is 0 Å². The predicted molar refractivity (Wildman–Crippen MR) is 92.8 cm³/mol. The monoisotopic (exact) mass is 320 g/mol. The maximum atomic E-state index is 5.94. The zero-order valence-corrected chi connectivity index (χ0v) is 13.1. The first-order valence-corrected chi connectivity index (χ1v) is 8.17. The zero-order valence-electron chi connectivity index (χ0n) is 10.7. The summed E-state index contributed by atoms with van der Waals surface area (Å²) in [6.07, 6.45) is 0. The Morgan fingerprint density at radius 3 is 2.00 bits per heavy atom. The van der Waals surface area contributed by atoms with Crippen LogP contribution in [0.3, 0.4) is 0 Å². The van der Waals surface area contributed by atoms with Gasteiger partial charge in [0, 0.05) is 16.4 Å². The molecule has 1 saturated heterocycles. The molecule has 2 aromatic rings. The van der Waals surface area contributed by atoms with Crippen LogP contribution in [-0.2, 0) is 0 Å². The van der Waals surface area contributed by atoms with E-state index in [0.717, 1.165) is 33.3 Å². The van der Waals surface area contributed by atoms with Crippen molar-refractivity contribution in [2.75, 3.05) is 21.6 Å². The molecule has 0 aliphatic carbocycles. The second-order valence-corrected chi connectivity index (χ2v) is 6.14. The highest BCUT2D eigenvalue weighted by Crippen LogP contribution is 2.29. The molecule has 0 amide bonds. The molecule has 3 rings (SSSR count). The van der Waals surface area contributed by atoms with Gasteiger partial charge in [-0.15, -0.1) is 11.8 Å². The minimum Gasteiger partial charge on any atom is -0.309 e. The average molecular weight is 321 g/mol. The third-order valence-electron chi connectivity index (χ3n) is 3.11. The number of anilines is 2. The fourth-order valence-electron chi connectivity index (χ4n) is 2.08. The number of benzene rings is 2. The highest BCUT2D eigenvalue weighted by Gasteiger charge is 2.24. The van der Waals surface area contributed by atoms with Gasteiger partial charge in [0.2, 0.25) is 0 Å². The van der Waals surface area contributed by atoms with E-state index >= 15 is 0 Å². The third kappa shape index (κ3) is 2.77. The van der Waals surface area contributed by atoms with Gasteiger partial charge in [0.25, 0.3) is 0 Å². The van der Waals surface area contributed by atoms with E-state index in [1.807, 2.05) is 54.2 Å². The first-order chi connectivity index (χ1) is 9.75. The van der Waals surface area contributed by atoms with Gasteiger partial charge in [-0.2, -0.15) is 0 Å². The highest BCUT2D eigenvalue weighted by molar-refractivity contribution is 7.99. The molecule has 2 aromatic carbocycles. The molecule has 0 saturated carbocycles. The second-order valence-electron chi connectivity index (χ2n) is 4.41. The molecule has 2 nitrogen and oxygen atoms in total. The number of hydrogen-bond acceptors (Lipinski definition) is 2. The maximum absolute atomic E-state index is 5.94. The van der Waals surface area contributed by atoms with Crippen LogP contribution in [0.1, 0.15) is 0 Å². The first kappa shape index (κ1) is 13.7. The van der Waals surface area contributed by atoms with Crippen LogP contribution in [0.2, 0.25) is 5.02 Å². The van der Waals surface area contributed by atoms with Crippen molar-refractivity contribution in [3.63, 3.8) is 0 Å². The molecule has 102 valence electrons. The van der Waals surface area contributed by atoms with Crippen molar-refractivity contribution in [1.29, 1.82) is 0 Å². The molecule has 0 N–H and O–H groups in total. The SMILES string of the molecule is S=C1N(c2ccccc2)CSCN1c1ccc(Cl)cc1. The molecule has 0 spiro atoms. The molecule has 0 bridgehead atoms. The second kappa shape index (κ2) is 6.04. The van der Waals surface area contributed by atoms with Crippen LogP contribution in [0.15, 0.2) is 54.6 Å². The van der Waals surface area contributed by atoms with Crippen LogP contribution in [0.5, 0.6) is 0 Å². The van der Waals surface area contributed by atoms with E-state index in [1.165, 1.54) is 0 Å². The summed E-state index contributed by atoms with van der Waals surface area (Å²) in [5, 5.41) is 1.57. The fourth-order valence-corrected chi connectivity index (χ4v) is 3.70. The van der Waals surface area contributed by atoms with E-state index in [9.17, 15) is 0 Å². The van der Waals surface area contributed by atoms with Crippen LogP contribution in [0.4, 0.5) is 11.4 Å². The molecule has 5 heteroatoms. The Hall–Kier alpha value is -1.23. The number of para-hydroxylation sites is 1. The van der Waals surface area contributed by atoms with Gasteiger partial charge in [0.1, 0.15) is 0 Å². The standard InChI is InChI=1S/C15H13ClN2S2/c16-12-6-8-14(9-7-12)18-11-20-10-17(15(18)19)13-4-2-1-3-5-13/h1-9H,10-11H2. The average Bonchev–Trinajstić information content (AvgIpc) is 2.49. The van der Waals surface area contributed by atoms with Crippen LogP contribution in [0.25, 0.3) is 0 Å². The molecule has 0 radical (unpaired) electrons. The molecular weight excluding hydrogens is 308 g/mol. The lowest BCUT2D eigenvalue weighted by Crippen LogP contribution is -2.47. The molecule has 0 aromatic heterocycles. The molecule has 0 atom stereocenters. The summed E-state index contributed by atoms with van der Waals surface area (Å²) in [6.45, 7) is 0. The molecule has 1 aliphatic heterocycles. The largest absolute Gasteiger partial charge is 0.309 e. The lowest BCUT2D eigenvalue weighted by molar-refractivity contribution is 1.11. The summed E-state index contributed by atoms with van der Waals surface area (Å²) in [5.41, 5.74) is 2.20. The molecule has 1 aliphatic rings. The van der Waals surface area contributed by atoms with Crippen molar-refractivity contribution in [3.05, 3.63) is 59.6 Å². The van der Waals surface area contributed by atoms with Crippen LogP contribution < -0.4 is 9.80 Å². The Morgan fingerprint density at radius 2 is 1.40 bits per heavy atom. The quantitative estimate of drug-likeness (QED) is 0.746. The number of thiocarbonyl (C=S) groups is 1. The summed E-state index contributed by atoms with van der Waals surface area (Å²) < 4.78 is 0. The van der Waals surface area contributed by atoms with E-state index in [2.05, 4.69) is 21.9 Å². The summed E-state index contributed by atoms with van der Waals surface area (Å²) >= 11 is 13.4. The van der Waals surface area contributed by atoms with Gasteiger partial charge < -0.3 is 9.80 Å². The fraction of sp³-hybridized carbons (Fsp3) is 0.133. The lowest BCUT2D eigenvalue weighted by Gasteiger charge is -2.38. The van der Waals surface area contributed by atoms with Crippen molar-refractivity contribution in [2.45, 2.75) is 0 Å². The van der Waals surface area contributed by atoms with Gasteiger partial charge >= 0.3 is 0 Å². The van der Waals surface area contributed by atoms with Gasteiger partial charge in [0.05, 0.1) is 11.8 Å². The van der Waals surface area contributed by atoms with Gasteiger partial charge in [-0.05, 0) is 48.6 Å². The Balaban J connectivity index is 1.87. The lowest BCUT2D eigenvalue weighted by atomic mass is 10.3. The Morgan fingerprint density at radius 1 is 0.850 bits per heavy atom. The van der Waals surface area contributed by atoms with Gasteiger partial charge in [-0.1, -0.05) is 29.8 Å². The van der Waals surface area contributed by atoms with Gasteiger partial charge in [-0.25, -0.2) is 0 Å². The molecule has 20 heavy (non-hydrogen) atoms. The number of thioether (sulfide) groups is 1. The Kier molecular flexibility index (Phi) is 4.15. The third-order valence-corrected chi connectivity index (χ3v) is 4.68. The highest BCUT2D eigenvalue weighted by atomic mass is 35.5. The first-order valence-electron chi connectivity index (χ1n) is 6.23. The van der Waals surface area contributed by atoms with Crippen molar-refractivity contribution in [2.24, 2.45) is 0 Å². The topological polar surface area (TPSA) is 6.48 Å². The minimum atomic E-state index is 0.740. The molecular formula is C15H13ClN2S2. The maximum Gasteiger partial charge on any atom is 0.182 e. The number of rotatable bonds is 2. The Bertz CT molecular complexity index is 601. The summed E-state index contributed by atoms with van der Waals surface area (Å²) in [7, 11) is 0. The van der Waals surface area contributed by atoms with E-state index in [1.54, 1.807) is 0 Å². The normalized spacial score (nSPS) is 15.6. The summed E-state index contributed by atoms with van der Waals surface area (Å²) in [6, 6.07) is 18.0. The van der Waals surface area contributed by atoms with E-state index < -0.39 is 0 Å². The Labute approximate surface area is 133 Å². The number of halogens is 1. The number of nitrogens with zero attached hydrogens (tertiary/aromatic N) is 2. The van der Waals surface area contributed by atoms with E-state index in [0.29, 0.717) is 0 Å². The van der Waals surface area contributed by atoms with Crippen molar-refractivity contribution >= 4 is 52.1 Å². The van der Waals surface area contributed by atoms with Crippen LogP contribution >= 0.6 is 35.6 Å². The predicted octanol–water partition coefficient (Wildman–Crippen LogP) is 4.60. The summed E-state index contributed by atoms with van der Waals surface area (Å²) in [5.74, 6) is 1.75. The van der Waals surface area contributed by atoms with Crippen LogP contribution in [0, 0.1) is 0 Å². The van der Waals surface area contributed by atoms with Crippen LogP contribution in [-0.4, -0.2) is 16.9 Å².